The molecule has 2 aromatic heterocycles. The van der Waals surface area contributed by atoms with Gasteiger partial charge in [0.25, 0.3) is 0 Å². The number of aromatic nitrogens is 4. The number of nitrogens with zero attached hydrogens (tertiary/aromatic N) is 3. The summed E-state index contributed by atoms with van der Waals surface area (Å²) in [5, 5.41) is 11.4. The van der Waals surface area contributed by atoms with Gasteiger partial charge in [-0.05, 0) is 29.9 Å². The standard InChI is InChI=1S/C13H18ClN5/c1-13(5-3-2-4-6-13)8-15-10-9-7-16-19-11(9)18-12(14)17-10/h7H,2-6,8H2,1H3,(H2,15,16,17,18,19). The molecular formula is C13H18ClN5. The fourth-order valence-electron chi connectivity index (χ4n) is 2.82. The van der Waals surface area contributed by atoms with Crippen LogP contribution in [0.3, 0.4) is 0 Å². The topological polar surface area (TPSA) is 66.5 Å². The highest BCUT2D eigenvalue weighted by atomic mass is 35.5. The first kappa shape index (κ1) is 12.7. The van der Waals surface area contributed by atoms with Gasteiger partial charge < -0.3 is 5.32 Å². The van der Waals surface area contributed by atoms with Gasteiger partial charge in [0.1, 0.15) is 5.82 Å². The molecule has 1 fully saturated rings. The summed E-state index contributed by atoms with van der Waals surface area (Å²) in [6.45, 7) is 3.26. The van der Waals surface area contributed by atoms with E-state index in [1.165, 1.54) is 32.1 Å². The molecule has 0 aromatic carbocycles. The SMILES string of the molecule is CC1(CNc2nc(Cl)nc3[nH]ncc23)CCCCC1. The zero-order chi connectivity index (χ0) is 13.3. The first-order valence-corrected chi connectivity index (χ1v) is 7.15. The van der Waals surface area contributed by atoms with Gasteiger partial charge in [0.2, 0.25) is 5.28 Å². The van der Waals surface area contributed by atoms with Gasteiger partial charge in [0.05, 0.1) is 11.6 Å². The monoisotopic (exact) mass is 279 g/mol. The van der Waals surface area contributed by atoms with E-state index in [9.17, 15) is 0 Å². The van der Waals surface area contributed by atoms with Gasteiger partial charge in [-0.3, -0.25) is 5.10 Å². The summed E-state index contributed by atoms with van der Waals surface area (Å²) >= 11 is 5.93. The molecule has 2 aromatic rings. The number of anilines is 1. The summed E-state index contributed by atoms with van der Waals surface area (Å²) in [6.07, 6.45) is 8.28. The predicted octanol–water partition coefficient (Wildman–Crippen LogP) is 3.39. The Balaban J connectivity index is 1.79. The maximum atomic E-state index is 5.93. The molecule has 0 atom stereocenters. The molecule has 0 bridgehead atoms. The maximum Gasteiger partial charge on any atom is 0.226 e. The molecule has 3 rings (SSSR count). The third kappa shape index (κ3) is 2.66. The molecule has 0 radical (unpaired) electrons. The molecule has 19 heavy (non-hydrogen) atoms. The lowest BCUT2D eigenvalue weighted by molar-refractivity contribution is 0.233. The van der Waals surface area contributed by atoms with E-state index in [-0.39, 0.29) is 5.28 Å². The van der Waals surface area contributed by atoms with Crippen molar-refractivity contribution in [1.29, 1.82) is 0 Å². The van der Waals surface area contributed by atoms with Gasteiger partial charge in [-0.1, -0.05) is 26.2 Å². The minimum absolute atomic E-state index is 0.244. The van der Waals surface area contributed by atoms with Crippen LogP contribution in [0.25, 0.3) is 11.0 Å². The lowest BCUT2D eigenvalue weighted by Crippen LogP contribution is -2.29. The van der Waals surface area contributed by atoms with Gasteiger partial charge >= 0.3 is 0 Å². The molecule has 0 unspecified atom stereocenters. The minimum Gasteiger partial charge on any atom is -0.369 e. The van der Waals surface area contributed by atoms with Crippen molar-refractivity contribution in [3.8, 4) is 0 Å². The fourth-order valence-corrected chi connectivity index (χ4v) is 2.99. The molecule has 0 amide bonds. The van der Waals surface area contributed by atoms with Gasteiger partial charge in [-0.2, -0.15) is 15.1 Å². The summed E-state index contributed by atoms with van der Waals surface area (Å²) in [6, 6.07) is 0. The van der Waals surface area contributed by atoms with E-state index in [1.807, 2.05) is 0 Å². The van der Waals surface area contributed by atoms with Crippen LogP contribution in [0.5, 0.6) is 0 Å². The quantitative estimate of drug-likeness (QED) is 0.845. The number of aromatic amines is 1. The zero-order valence-electron chi connectivity index (χ0n) is 11.0. The smallest absolute Gasteiger partial charge is 0.226 e. The summed E-state index contributed by atoms with van der Waals surface area (Å²) in [5.41, 5.74) is 1.03. The molecule has 6 heteroatoms. The van der Waals surface area contributed by atoms with Gasteiger partial charge in [0, 0.05) is 6.54 Å². The molecule has 2 N–H and O–H groups in total. The Morgan fingerprint density at radius 3 is 2.89 bits per heavy atom. The zero-order valence-corrected chi connectivity index (χ0v) is 11.8. The van der Waals surface area contributed by atoms with Crippen LogP contribution in [-0.4, -0.2) is 26.7 Å². The Morgan fingerprint density at radius 1 is 1.32 bits per heavy atom. The van der Waals surface area contributed by atoms with E-state index in [1.54, 1.807) is 6.20 Å². The second kappa shape index (κ2) is 4.96. The molecule has 0 aliphatic heterocycles. The number of H-pyrrole nitrogens is 1. The van der Waals surface area contributed by atoms with Crippen LogP contribution in [0, 0.1) is 5.41 Å². The van der Waals surface area contributed by atoms with Crippen molar-refractivity contribution in [2.24, 2.45) is 5.41 Å². The Kier molecular flexibility index (Phi) is 3.31. The van der Waals surface area contributed by atoms with Crippen molar-refractivity contribution in [1.82, 2.24) is 20.2 Å². The van der Waals surface area contributed by atoms with Crippen molar-refractivity contribution in [3.63, 3.8) is 0 Å². The van der Waals surface area contributed by atoms with E-state index in [2.05, 4.69) is 32.4 Å². The van der Waals surface area contributed by atoms with E-state index in [0.717, 1.165) is 17.7 Å². The third-order valence-corrected chi connectivity index (χ3v) is 4.19. The largest absolute Gasteiger partial charge is 0.369 e. The molecule has 2 heterocycles. The summed E-state index contributed by atoms with van der Waals surface area (Å²) in [7, 11) is 0. The number of nitrogens with one attached hydrogen (secondary N) is 2. The number of fused-ring (bicyclic) bond motifs is 1. The van der Waals surface area contributed by atoms with Crippen LogP contribution in [0.15, 0.2) is 6.20 Å². The second-order valence-electron chi connectivity index (χ2n) is 5.70. The molecule has 102 valence electrons. The highest BCUT2D eigenvalue weighted by Crippen LogP contribution is 2.36. The van der Waals surface area contributed by atoms with Crippen LogP contribution in [0.2, 0.25) is 5.28 Å². The van der Waals surface area contributed by atoms with Crippen LogP contribution in [0.1, 0.15) is 39.0 Å². The first-order valence-electron chi connectivity index (χ1n) is 6.77. The first-order chi connectivity index (χ1) is 9.16. The lowest BCUT2D eigenvalue weighted by Gasteiger charge is -2.33. The van der Waals surface area contributed by atoms with Gasteiger partial charge in [-0.25, -0.2) is 0 Å². The van der Waals surface area contributed by atoms with Crippen LogP contribution < -0.4 is 5.32 Å². The molecular weight excluding hydrogens is 262 g/mol. The normalized spacial score (nSPS) is 18.6. The maximum absolute atomic E-state index is 5.93. The molecule has 1 aliphatic rings. The Labute approximate surface area is 117 Å². The van der Waals surface area contributed by atoms with Gasteiger partial charge in [0.15, 0.2) is 5.65 Å². The number of hydrogen-bond acceptors (Lipinski definition) is 4. The number of halogens is 1. The summed E-state index contributed by atoms with van der Waals surface area (Å²) < 4.78 is 0. The summed E-state index contributed by atoms with van der Waals surface area (Å²) in [4.78, 5) is 8.38. The predicted molar refractivity (Wildman–Crippen MR) is 76.4 cm³/mol. The highest BCUT2D eigenvalue weighted by molar-refractivity contribution is 6.28. The summed E-state index contributed by atoms with van der Waals surface area (Å²) in [5.74, 6) is 0.774. The van der Waals surface area contributed by atoms with E-state index >= 15 is 0 Å². The highest BCUT2D eigenvalue weighted by Gasteiger charge is 2.26. The van der Waals surface area contributed by atoms with E-state index < -0.39 is 0 Å². The van der Waals surface area contributed by atoms with Crippen LogP contribution >= 0.6 is 11.6 Å². The van der Waals surface area contributed by atoms with Crippen molar-refractivity contribution >= 4 is 28.5 Å². The van der Waals surface area contributed by atoms with Gasteiger partial charge in [-0.15, -0.1) is 0 Å². The number of hydrogen-bond donors (Lipinski definition) is 2. The Bertz CT molecular complexity index is 573. The molecule has 0 saturated heterocycles. The van der Waals surface area contributed by atoms with Crippen molar-refractivity contribution in [2.45, 2.75) is 39.0 Å². The van der Waals surface area contributed by atoms with Crippen LogP contribution in [-0.2, 0) is 0 Å². The Hall–Kier alpha value is -1.36. The van der Waals surface area contributed by atoms with Crippen molar-refractivity contribution < 1.29 is 0 Å². The fraction of sp³-hybridized carbons (Fsp3) is 0.615. The molecule has 1 aliphatic carbocycles. The van der Waals surface area contributed by atoms with Crippen molar-refractivity contribution in [3.05, 3.63) is 11.5 Å². The van der Waals surface area contributed by atoms with Crippen molar-refractivity contribution in [2.75, 3.05) is 11.9 Å². The van der Waals surface area contributed by atoms with E-state index in [0.29, 0.717) is 11.1 Å². The average molecular weight is 280 g/mol. The second-order valence-corrected chi connectivity index (χ2v) is 6.04. The molecule has 5 nitrogen and oxygen atoms in total. The molecule has 0 spiro atoms. The lowest BCUT2D eigenvalue weighted by atomic mass is 9.76. The third-order valence-electron chi connectivity index (χ3n) is 4.03. The average Bonchev–Trinajstić information content (AvgIpc) is 2.85. The van der Waals surface area contributed by atoms with Crippen LogP contribution in [0.4, 0.5) is 5.82 Å². The van der Waals surface area contributed by atoms with E-state index in [4.69, 9.17) is 11.6 Å². The minimum atomic E-state index is 0.244. The number of rotatable bonds is 3. The Morgan fingerprint density at radius 2 is 2.11 bits per heavy atom. The molecule has 1 saturated carbocycles.